The van der Waals surface area contributed by atoms with Gasteiger partial charge in [0.25, 0.3) is 0 Å². The standard InChI is InChI=1S/C9H21N3O2/c1-9(2,14-4)5-6-12(3)7-8(10)11-13/h13H,5-7H2,1-4H3,(H2,10,11). The molecular formula is C9H21N3O2. The first-order valence-electron chi connectivity index (χ1n) is 4.61. The zero-order valence-corrected chi connectivity index (χ0v) is 9.45. The molecule has 0 spiro atoms. The molecule has 0 fully saturated rings. The number of nitrogens with two attached hydrogens (primary N) is 1. The first-order chi connectivity index (χ1) is 6.41. The van der Waals surface area contributed by atoms with E-state index in [4.69, 9.17) is 15.7 Å². The second-order valence-electron chi connectivity index (χ2n) is 4.04. The van der Waals surface area contributed by atoms with Crippen LogP contribution < -0.4 is 5.73 Å². The molecule has 0 radical (unpaired) electrons. The Hall–Kier alpha value is -0.810. The van der Waals surface area contributed by atoms with Gasteiger partial charge in [0, 0.05) is 13.7 Å². The summed E-state index contributed by atoms with van der Waals surface area (Å²) in [6, 6.07) is 0. The molecule has 84 valence electrons. The number of amidine groups is 1. The fourth-order valence-corrected chi connectivity index (χ4v) is 0.949. The normalized spacial score (nSPS) is 13.6. The van der Waals surface area contributed by atoms with E-state index in [1.54, 1.807) is 7.11 Å². The summed E-state index contributed by atoms with van der Waals surface area (Å²) in [7, 11) is 3.62. The third kappa shape index (κ3) is 5.77. The van der Waals surface area contributed by atoms with Crippen LogP contribution in [0.3, 0.4) is 0 Å². The van der Waals surface area contributed by atoms with E-state index in [0.717, 1.165) is 13.0 Å². The molecule has 3 N–H and O–H groups in total. The zero-order valence-electron chi connectivity index (χ0n) is 9.45. The fraction of sp³-hybridized carbons (Fsp3) is 0.889. The quantitative estimate of drug-likeness (QED) is 0.285. The Morgan fingerprint density at radius 3 is 2.57 bits per heavy atom. The highest BCUT2D eigenvalue weighted by atomic mass is 16.5. The minimum absolute atomic E-state index is 0.126. The van der Waals surface area contributed by atoms with Gasteiger partial charge in [-0.3, -0.25) is 4.90 Å². The van der Waals surface area contributed by atoms with Gasteiger partial charge < -0.3 is 15.7 Å². The molecule has 14 heavy (non-hydrogen) atoms. The van der Waals surface area contributed by atoms with E-state index in [-0.39, 0.29) is 11.4 Å². The monoisotopic (exact) mass is 203 g/mol. The van der Waals surface area contributed by atoms with Crippen LogP contribution in [0, 0.1) is 0 Å². The van der Waals surface area contributed by atoms with E-state index < -0.39 is 0 Å². The number of methoxy groups -OCH3 is 1. The maximum absolute atomic E-state index is 8.37. The molecular weight excluding hydrogens is 182 g/mol. The van der Waals surface area contributed by atoms with Crippen molar-refractivity contribution in [3.63, 3.8) is 0 Å². The van der Waals surface area contributed by atoms with Gasteiger partial charge >= 0.3 is 0 Å². The molecule has 0 aromatic carbocycles. The van der Waals surface area contributed by atoms with Crippen LogP contribution >= 0.6 is 0 Å². The highest BCUT2D eigenvalue weighted by Gasteiger charge is 2.16. The second kappa shape index (κ2) is 5.82. The number of rotatable bonds is 6. The molecule has 0 aromatic heterocycles. The van der Waals surface area contributed by atoms with E-state index in [1.165, 1.54) is 0 Å². The SMILES string of the molecule is COC(C)(C)CCN(C)CC(N)=NO. The topological polar surface area (TPSA) is 71.1 Å². The van der Waals surface area contributed by atoms with Crippen LogP contribution in [0.2, 0.25) is 0 Å². The van der Waals surface area contributed by atoms with Gasteiger partial charge in [0.1, 0.15) is 0 Å². The van der Waals surface area contributed by atoms with Crippen LogP contribution in [0.5, 0.6) is 0 Å². The first-order valence-corrected chi connectivity index (χ1v) is 4.61. The minimum Gasteiger partial charge on any atom is -0.409 e. The van der Waals surface area contributed by atoms with E-state index in [1.807, 2.05) is 25.8 Å². The fourth-order valence-electron chi connectivity index (χ4n) is 0.949. The van der Waals surface area contributed by atoms with Crippen molar-refractivity contribution in [1.82, 2.24) is 4.90 Å². The Labute approximate surface area is 85.5 Å². The van der Waals surface area contributed by atoms with Crippen molar-refractivity contribution in [2.75, 3.05) is 27.2 Å². The molecule has 5 nitrogen and oxygen atoms in total. The summed E-state index contributed by atoms with van der Waals surface area (Å²) < 4.78 is 5.28. The molecule has 0 heterocycles. The number of hydrogen-bond acceptors (Lipinski definition) is 4. The van der Waals surface area contributed by atoms with E-state index in [9.17, 15) is 0 Å². The Balaban J connectivity index is 3.80. The number of likely N-dealkylation sites (N-methyl/N-ethyl adjacent to an activating group) is 1. The largest absolute Gasteiger partial charge is 0.409 e. The number of ether oxygens (including phenoxy) is 1. The van der Waals surface area contributed by atoms with Gasteiger partial charge in [-0.15, -0.1) is 0 Å². The van der Waals surface area contributed by atoms with Gasteiger partial charge in [-0.05, 0) is 27.3 Å². The first kappa shape index (κ1) is 13.2. The summed E-state index contributed by atoms with van der Waals surface area (Å²) in [5.41, 5.74) is 5.25. The maximum atomic E-state index is 8.37. The second-order valence-corrected chi connectivity index (χ2v) is 4.04. The lowest BCUT2D eigenvalue weighted by Gasteiger charge is -2.25. The Morgan fingerprint density at radius 2 is 2.14 bits per heavy atom. The molecule has 0 amide bonds. The van der Waals surface area contributed by atoms with Crippen molar-refractivity contribution in [1.29, 1.82) is 0 Å². The molecule has 0 rings (SSSR count). The molecule has 0 unspecified atom stereocenters. The van der Waals surface area contributed by atoms with Gasteiger partial charge in [-0.1, -0.05) is 5.16 Å². The van der Waals surface area contributed by atoms with Crippen LogP contribution in [-0.2, 0) is 4.74 Å². The van der Waals surface area contributed by atoms with Gasteiger partial charge in [0.2, 0.25) is 0 Å². The zero-order chi connectivity index (χ0) is 11.2. The predicted octanol–water partition coefficient (Wildman–Crippen LogP) is 0.480. The van der Waals surface area contributed by atoms with Gasteiger partial charge in [-0.2, -0.15) is 0 Å². The van der Waals surface area contributed by atoms with E-state index >= 15 is 0 Å². The number of oxime groups is 1. The lowest BCUT2D eigenvalue weighted by Crippen LogP contribution is -2.35. The van der Waals surface area contributed by atoms with Crippen LogP contribution in [0.25, 0.3) is 0 Å². The van der Waals surface area contributed by atoms with Gasteiger partial charge in [-0.25, -0.2) is 0 Å². The lowest BCUT2D eigenvalue weighted by atomic mass is 10.1. The molecule has 0 aromatic rings. The summed E-state index contributed by atoms with van der Waals surface area (Å²) in [6.45, 7) is 5.38. The molecule has 0 saturated carbocycles. The minimum atomic E-state index is -0.126. The summed E-state index contributed by atoms with van der Waals surface area (Å²) in [5, 5.41) is 11.3. The molecule has 5 heteroatoms. The summed E-state index contributed by atoms with van der Waals surface area (Å²) in [4.78, 5) is 1.98. The van der Waals surface area contributed by atoms with Crippen molar-refractivity contribution in [2.24, 2.45) is 10.9 Å². The van der Waals surface area contributed by atoms with Crippen molar-refractivity contribution >= 4 is 5.84 Å². The van der Waals surface area contributed by atoms with Crippen LogP contribution in [0.15, 0.2) is 5.16 Å². The van der Waals surface area contributed by atoms with Crippen LogP contribution in [0.1, 0.15) is 20.3 Å². The average Bonchev–Trinajstić information content (AvgIpc) is 2.15. The van der Waals surface area contributed by atoms with Crippen LogP contribution in [-0.4, -0.2) is 48.8 Å². The summed E-state index contributed by atoms with van der Waals surface area (Å²) in [6.07, 6.45) is 0.901. The third-order valence-corrected chi connectivity index (χ3v) is 2.21. The number of hydrogen-bond donors (Lipinski definition) is 2. The lowest BCUT2D eigenvalue weighted by molar-refractivity contribution is 0.00995. The van der Waals surface area contributed by atoms with Crippen LogP contribution in [0.4, 0.5) is 0 Å². The van der Waals surface area contributed by atoms with E-state index in [0.29, 0.717) is 6.54 Å². The smallest absolute Gasteiger partial charge is 0.153 e. The Bertz CT molecular complexity index is 192. The summed E-state index contributed by atoms with van der Waals surface area (Å²) in [5.74, 6) is 0.225. The molecule has 0 aliphatic rings. The van der Waals surface area contributed by atoms with Crippen molar-refractivity contribution in [2.45, 2.75) is 25.9 Å². The molecule has 0 saturated heterocycles. The maximum Gasteiger partial charge on any atom is 0.153 e. The molecule has 0 aliphatic heterocycles. The molecule has 0 atom stereocenters. The Morgan fingerprint density at radius 1 is 1.57 bits per heavy atom. The molecule has 0 aliphatic carbocycles. The Kier molecular flexibility index (Phi) is 5.49. The van der Waals surface area contributed by atoms with Gasteiger partial charge in [0.05, 0.1) is 12.1 Å². The average molecular weight is 203 g/mol. The molecule has 0 bridgehead atoms. The third-order valence-electron chi connectivity index (χ3n) is 2.21. The van der Waals surface area contributed by atoms with Gasteiger partial charge in [0.15, 0.2) is 5.84 Å². The predicted molar refractivity (Wildman–Crippen MR) is 56.6 cm³/mol. The summed E-state index contributed by atoms with van der Waals surface area (Å²) >= 11 is 0. The highest BCUT2D eigenvalue weighted by molar-refractivity contribution is 5.81. The van der Waals surface area contributed by atoms with Crippen molar-refractivity contribution < 1.29 is 9.94 Å². The number of nitrogens with zero attached hydrogens (tertiary/aromatic N) is 2. The van der Waals surface area contributed by atoms with Crippen molar-refractivity contribution in [3.8, 4) is 0 Å². The van der Waals surface area contributed by atoms with E-state index in [2.05, 4.69) is 5.16 Å². The van der Waals surface area contributed by atoms with Crippen molar-refractivity contribution in [3.05, 3.63) is 0 Å². The highest BCUT2D eigenvalue weighted by Crippen LogP contribution is 2.12.